The van der Waals surface area contributed by atoms with Gasteiger partial charge in [-0.25, -0.2) is 8.78 Å². The van der Waals surface area contributed by atoms with Crippen LogP contribution in [-0.4, -0.2) is 37.0 Å². The Morgan fingerprint density at radius 2 is 2.15 bits per heavy atom. The third kappa shape index (κ3) is 3.33. The van der Waals surface area contributed by atoms with Gasteiger partial charge < -0.3 is 10.2 Å². The zero-order valence-electron chi connectivity index (χ0n) is 11.7. The van der Waals surface area contributed by atoms with Crippen LogP contribution in [0.25, 0.3) is 0 Å². The number of likely N-dealkylation sites (tertiary alicyclic amines) is 1. The molecule has 0 aliphatic carbocycles. The molecule has 1 aromatic carbocycles. The molecule has 1 aliphatic rings. The third-order valence-electron chi connectivity index (χ3n) is 3.78. The molecule has 1 amide bonds. The highest BCUT2D eigenvalue weighted by molar-refractivity contribution is 5.94. The Morgan fingerprint density at radius 1 is 1.35 bits per heavy atom. The molecule has 3 nitrogen and oxygen atoms in total. The molecule has 0 aromatic heterocycles. The zero-order valence-corrected chi connectivity index (χ0v) is 11.7. The summed E-state index contributed by atoms with van der Waals surface area (Å²) in [5.41, 5.74) is 0.222. The number of piperidine rings is 1. The minimum Gasteiger partial charge on any atom is -0.336 e. The van der Waals surface area contributed by atoms with Crippen molar-refractivity contribution in [2.45, 2.75) is 31.7 Å². The quantitative estimate of drug-likeness (QED) is 0.920. The van der Waals surface area contributed by atoms with Gasteiger partial charge in [0.2, 0.25) is 0 Å². The summed E-state index contributed by atoms with van der Waals surface area (Å²) in [6.45, 7) is 1.53. The Balaban J connectivity index is 2.14. The summed E-state index contributed by atoms with van der Waals surface area (Å²) in [6, 6.07) is 3.53. The predicted molar refractivity (Wildman–Crippen MR) is 73.6 cm³/mol. The van der Waals surface area contributed by atoms with E-state index in [-0.39, 0.29) is 17.5 Å². The highest BCUT2D eigenvalue weighted by atomic mass is 19.2. The van der Waals surface area contributed by atoms with E-state index >= 15 is 0 Å². The van der Waals surface area contributed by atoms with E-state index in [9.17, 15) is 13.6 Å². The van der Waals surface area contributed by atoms with Gasteiger partial charge in [-0.3, -0.25) is 4.79 Å². The van der Waals surface area contributed by atoms with Crippen molar-refractivity contribution in [3.8, 4) is 0 Å². The van der Waals surface area contributed by atoms with Crippen LogP contribution in [0.2, 0.25) is 0 Å². The normalized spacial score (nSPS) is 19.1. The van der Waals surface area contributed by atoms with Crippen LogP contribution in [0.15, 0.2) is 18.2 Å². The third-order valence-corrected chi connectivity index (χ3v) is 3.78. The summed E-state index contributed by atoms with van der Waals surface area (Å²) in [5.74, 6) is -2.10. The van der Waals surface area contributed by atoms with Crippen molar-refractivity contribution in [2.75, 3.05) is 20.1 Å². The van der Waals surface area contributed by atoms with Crippen LogP contribution in [0.1, 0.15) is 36.0 Å². The molecule has 0 bridgehead atoms. The van der Waals surface area contributed by atoms with Crippen molar-refractivity contribution in [3.05, 3.63) is 35.4 Å². The molecule has 0 radical (unpaired) electrons. The van der Waals surface area contributed by atoms with E-state index in [2.05, 4.69) is 5.32 Å². The monoisotopic (exact) mass is 282 g/mol. The highest BCUT2D eigenvalue weighted by Crippen LogP contribution is 2.22. The van der Waals surface area contributed by atoms with Gasteiger partial charge in [0.15, 0.2) is 11.6 Å². The molecule has 1 fully saturated rings. The standard InChI is InChI=1S/C15H20F2N2O/c1-18-8-7-12-4-2-3-9-19(12)15(20)11-5-6-13(16)14(17)10-11/h5-6,10,12,18H,2-4,7-9H2,1H3. The number of nitrogens with zero attached hydrogens (tertiary/aromatic N) is 1. The second-order valence-corrected chi connectivity index (χ2v) is 5.17. The molecule has 110 valence electrons. The zero-order chi connectivity index (χ0) is 14.5. The molecule has 20 heavy (non-hydrogen) atoms. The van der Waals surface area contributed by atoms with Gasteiger partial charge >= 0.3 is 0 Å². The molecule has 1 unspecified atom stereocenters. The molecule has 2 rings (SSSR count). The molecule has 0 saturated carbocycles. The number of halogens is 2. The Bertz CT molecular complexity index is 479. The fraction of sp³-hybridized carbons (Fsp3) is 0.533. The van der Waals surface area contributed by atoms with Crippen molar-refractivity contribution < 1.29 is 13.6 Å². The molecule has 1 N–H and O–H groups in total. The van der Waals surface area contributed by atoms with Gasteiger partial charge in [-0.2, -0.15) is 0 Å². The van der Waals surface area contributed by atoms with Crippen LogP contribution in [0.4, 0.5) is 8.78 Å². The molecular formula is C15H20F2N2O. The van der Waals surface area contributed by atoms with E-state index < -0.39 is 11.6 Å². The number of rotatable bonds is 4. The van der Waals surface area contributed by atoms with Crippen molar-refractivity contribution in [3.63, 3.8) is 0 Å². The van der Waals surface area contributed by atoms with Gasteiger partial charge in [-0.1, -0.05) is 0 Å². The highest BCUT2D eigenvalue weighted by Gasteiger charge is 2.27. The second-order valence-electron chi connectivity index (χ2n) is 5.17. The number of hydrogen-bond acceptors (Lipinski definition) is 2. The van der Waals surface area contributed by atoms with Gasteiger partial charge in [0.1, 0.15) is 0 Å². The topological polar surface area (TPSA) is 32.3 Å². The van der Waals surface area contributed by atoms with Crippen LogP contribution < -0.4 is 5.32 Å². The van der Waals surface area contributed by atoms with Gasteiger partial charge in [0, 0.05) is 18.2 Å². The predicted octanol–water partition coefficient (Wildman–Crippen LogP) is 2.57. The van der Waals surface area contributed by atoms with Gasteiger partial charge in [0.05, 0.1) is 0 Å². The Labute approximate surface area is 118 Å². The molecular weight excluding hydrogens is 262 g/mol. The summed E-state index contributed by atoms with van der Waals surface area (Å²) in [5, 5.41) is 3.08. The number of nitrogens with one attached hydrogen (secondary N) is 1. The van der Waals surface area contributed by atoms with Gasteiger partial charge in [-0.15, -0.1) is 0 Å². The lowest BCUT2D eigenvalue weighted by molar-refractivity contribution is 0.0602. The van der Waals surface area contributed by atoms with Crippen LogP contribution >= 0.6 is 0 Å². The first-order valence-corrected chi connectivity index (χ1v) is 7.04. The van der Waals surface area contributed by atoms with Gasteiger partial charge in [0.25, 0.3) is 5.91 Å². The number of carbonyl (C=O) groups excluding carboxylic acids is 1. The number of benzene rings is 1. The molecule has 1 saturated heterocycles. The van der Waals surface area contributed by atoms with E-state index in [1.165, 1.54) is 6.07 Å². The number of hydrogen-bond donors (Lipinski definition) is 1. The first-order valence-electron chi connectivity index (χ1n) is 7.04. The van der Waals surface area contributed by atoms with E-state index in [1.807, 2.05) is 7.05 Å². The molecule has 1 heterocycles. The number of carbonyl (C=O) groups is 1. The van der Waals surface area contributed by atoms with E-state index in [1.54, 1.807) is 4.90 Å². The largest absolute Gasteiger partial charge is 0.336 e. The van der Waals surface area contributed by atoms with Crippen molar-refractivity contribution in [2.24, 2.45) is 0 Å². The number of amides is 1. The van der Waals surface area contributed by atoms with Crippen molar-refractivity contribution >= 4 is 5.91 Å². The van der Waals surface area contributed by atoms with Crippen LogP contribution in [0.5, 0.6) is 0 Å². The van der Waals surface area contributed by atoms with Crippen LogP contribution in [-0.2, 0) is 0 Å². The lowest BCUT2D eigenvalue weighted by Gasteiger charge is -2.36. The van der Waals surface area contributed by atoms with E-state index in [0.29, 0.717) is 6.54 Å². The molecule has 1 aromatic rings. The summed E-state index contributed by atoms with van der Waals surface area (Å²) >= 11 is 0. The maximum atomic E-state index is 13.3. The summed E-state index contributed by atoms with van der Waals surface area (Å²) in [4.78, 5) is 14.3. The summed E-state index contributed by atoms with van der Waals surface area (Å²) < 4.78 is 26.2. The van der Waals surface area contributed by atoms with E-state index in [4.69, 9.17) is 0 Å². The van der Waals surface area contributed by atoms with Crippen molar-refractivity contribution in [1.82, 2.24) is 10.2 Å². The Morgan fingerprint density at radius 3 is 2.85 bits per heavy atom. The fourth-order valence-electron chi connectivity index (χ4n) is 2.67. The maximum Gasteiger partial charge on any atom is 0.254 e. The van der Waals surface area contributed by atoms with Gasteiger partial charge in [-0.05, 0) is 57.5 Å². The first kappa shape index (κ1) is 14.9. The molecule has 1 atom stereocenters. The fourth-order valence-corrected chi connectivity index (χ4v) is 2.67. The summed E-state index contributed by atoms with van der Waals surface area (Å²) in [7, 11) is 1.88. The minimum atomic E-state index is -0.973. The average Bonchev–Trinajstić information content (AvgIpc) is 2.47. The SMILES string of the molecule is CNCCC1CCCCN1C(=O)c1ccc(F)c(F)c1. The second kappa shape index (κ2) is 6.79. The smallest absolute Gasteiger partial charge is 0.254 e. The van der Waals surface area contributed by atoms with Crippen molar-refractivity contribution in [1.29, 1.82) is 0 Å². The lowest BCUT2D eigenvalue weighted by atomic mass is 9.98. The average molecular weight is 282 g/mol. The maximum absolute atomic E-state index is 13.3. The molecule has 1 aliphatic heterocycles. The van der Waals surface area contributed by atoms with E-state index in [0.717, 1.165) is 44.4 Å². The first-order chi connectivity index (χ1) is 9.63. The Hall–Kier alpha value is -1.49. The molecule has 5 heteroatoms. The van der Waals surface area contributed by atoms with Crippen LogP contribution in [0.3, 0.4) is 0 Å². The summed E-state index contributed by atoms with van der Waals surface area (Å²) in [6.07, 6.45) is 3.92. The Kier molecular flexibility index (Phi) is 5.06. The molecule has 0 spiro atoms. The lowest BCUT2D eigenvalue weighted by Crippen LogP contribution is -2.44. The minimum absolute atomic E-state index is 0.178. The van der Waals surface area contributed by atoms with Crippen LogP contribution in [0, 0.1) is 11.6 Å².